The molecule has 0 bridgehead atoms. The summed E-state index contributed by atoms with van der Waals surface area (Å²) in [6, 6.07) is 12.6. The van der Waals surface area contributed by atoms with E-state index < -0.39 is 4.92 Å². The fourth-order valence-electron chi connectivity index (χ4n) is 2.82. The van der Waals surface area contributed by atoms with Gasteiger partial charge >= 0.3 is 0 Å². The Labute approximate surface area is 158 Å². The molecule has 0 saturated heterocycles. The van der Waals surface area contributed by atoms with Gasteiger partial charge in [-0.05, 0) is 22.3 Å². The second kappa shape index (κ2) is 9.47. The number of non-ortho nitro benzene ring substituents is 1. The van der Waals surface area contributed by atoms with E-state index in [-0.39, 0.29) is 32.4 Å². The van der Waals surface area contributed by atoms with Gasteiger partial charge in [-0.2, -0.15) is 0 Å². The normalized spacial score (nSPS) is 13.8. The molecule has 2 aromatic carbocycles. The molecule has 2 amide bonds. The number of carbonyl (C=O) groups excluding carboxylic acids is 2. The summed E-state index contributed by atoms with van der Waals surface area (Å²) >= 11 is 0. The van der Waals surface area contributed by atoms with Crippen LogP contribution in [0.25, 0.3) is 0 Å². The fourth-order valence-corrected chi connectivity index (χ4v) is 2.82. The van der Waals surface area contributed by atoms with E-state index in [1.54, 1.807) is 6.07 Å². The van der Waals surface area contributed by atoms with Crippen LogP contribution in [0.1, 0.15) is 37.1 Å². The van der Waals surface area contributed by atoms with Crippen LogP contribution in [-0.2, 0) is 35.5 Å². The van der Waals surface area contributed by atoms with E-state index in [0.717, 1.165) is 16.7 Å². The van der Waals surface area contributed by atoms with Gasteiger partial charge in [0, 0.05) is 25.2 Å². The van der Waals surface area contributed by atoms with E-state index in [1.165, 1.54) is 17.7 Å². The molecule has 0 fully saturated rings. The van der Waals surface area contributed by atoms with Crippen LogP contribution in [0.4, 0.5) is 5.69 Å². The smallest absolute Gasteiger partial charge is 0.269 e. The van der Waals surface area contributed by atoms with Crippen molar-refractivity contribution >= 4 is 17.5 Å². The van der Waals surface area contributed by atoms with E-state index in [4.69, 9.17) is 0 Å². The molecule has 2 aliphatic heterocycles. The Hall–Kier alpha value is -3.22. The van der Waals surface area contributed by atoms with Gasteiger partial charge in [-0.3, -0.25) is 19.7 Å². The lowest BCUT2D eigenvalue weighted by molar-refractivity contribution is -0.384. The zero-order valence-corrected chi connectivity index (χ0v) is 13.5. The van der Waals surface area contributed by atoms with Crippen molar-refractivity contribution in [2.24, 2.45) is 0 Å². The van der Waals surface area contributed by atoms with Crippen LogP contribution in [0.3, 0.4) is 0 Å². The van der Waals surface area contributed by atoms with Crippen molar-refractivity contribution in [1.82, 2.24) is 10.6 Å². The minimum absolute atomic E-state index is 0. The maximum Gasteiger partial charge on any atom is 0.269 e. The number of nitrogens with one attached hydrogen (secondary N) is 2. The van der Waals surface area contributed by atoms with Crippen molar-refractivity contribution in [1.29, 1.82) is 0 Å². The van der Waals surface area contributed by atoms with E-state index >= 15 is 0 Å². The Morgan fingerprint density at radius 3 is 1.89 bits per heavy atom. The number of fused-ring (bicyclic) bond motifs is 2. The second-order valence-corrected chi connectivity index (χ2v) is 5.89. The molecule has 4 rings (SSSR count). The number of nitro benzene ring substituents is 1. The molecule has 0 spiro atoms. The van der Waals surface area contributed by atoms with E-state index in [1.807, 2.05) is 18.2 Å². The Morgan fingerprint density at radius 1 is 0.778 bits per heavy atom. The molecular weight excluding hydrogens is 346 g/mol. The summed E-state index contributed by atoms with van der Waals surface area (Å²) in [5, 5.41) is 15.9. The first-order valence-corrected chi connectivity index (χ1v) is 7.89. The van der Waals surface area contributed by atoms with Crippen molar-refractivity contribution in [2.45, 2.75) is 40.8 Å². The molecule has 7 heteroatoms. The summed E-state index contributed by atoms with van der Waals surface area (Å²) in [4.78, 5) is 31.9. The fraction of sp³-hybridized carbons (Fsp3) is 0.300. The number of hydrogen-bond acceptors (Lipinski definition) is 4. The molecule has 0 atom stereocenters. The first-order chi connectivity index (χ1) is 12.0. The van der Waals surface area contributed by atoms with Gasteiger partial charge in [0.25, 0.3) is 5.69 Å². The molecule has 0 aromatic heterocycles. The highest BCUT2D eigenvalue weighted by Gasteiger charge is 2.17. The minimum atomic E-state index is -0.434. The average Bonchev–Trinajstić information content (AvgIpc) is 2.61. The Bertz CT molecular complexity index is 849. The first-order valence-electron chi connectivity index (χ1n) is 7.89. The van der Waals surface area contributed by atoms with E-state index in [2.05, 4.69) is 16.7 Å². The largest absolute Gasteiger partial charge is 0.352 e. The number of hydrogen-bond donors (Lipinski definition) is 2. The van der Waals surface area contributed by atoms with Crippen molar-refractivity contribution in [3.63, 3.8) is 0 Å². The van der Waals surface area contributed by atoms with Gasteiger partial charge in [0.05, 0.1) is 17.8 Å². The number of nitro groups is 1. The minimum Gasteiger partial charge on any atom is -0.352 e. The number of rotatable bonds is 1. The van der Waals surface area contributed by atoms with Crippen molar-refractivity contribution in [3.05, 3.63) is 74.8 Å². The first kappa shape index (κ1) is 21.8. The summed E-state index contributed by atoms with van der Waals surface area (Å²) in [7, 11) is 0. The Morgan fingerprint density at radius 2 is 1.30 bits per heavy atom. The van der Waals surface area contributed by atoms with Gasteiger partial charge in [-0.25, -0.2) is 0 Å². The maximum atomic E-state index is 11.0. The molecule has 2 heterocycles. The highest BCUT2D eigenvalue weighted by atomic mass is 16.6. The molecule has 2 aromatic rings. The second-order valence-electron chi connectivity index (χ2n) is 5.89. The lowest BCUT2D eigenvalue weighted by atomic mass is 10.0. The Kier molecular flexibility index (Phi) is 7.65. The lowest BCUT2D eigenvalue weighted by Gasteiger charge is -2.15. The van der Waals surface area contributed by atoms with Crippen LogP contribution in [0.2, 0.25) is 0 Å². The zero-order chi connectivity index (χ0) is 17.8. The molecule has 0 unspecified atom stereocenters. The lowest BCUT2D eigenvalue weighted by Crippen LogP contribution is -2.30. The van der Waals surface area contributed by atoms with Crippen LogP contribution in [0, 0.1) is 10.1 Å². The third kappa shape index (κ3) is 5.37. The number of benzene rings is 2. The van der Waals surface area contributed by atoms with Crippen molar-refractivity contribution in [3.8, 4) is 0 Å². The molecular formula is C20H25N3O4. The molecule has 144 valence electrons. The average molecular weight is 371 g/mol. The summed E-state index contributed by atoms with van der Waals surface area (Å²) in [6.07, 6.45) is 0.851. The zero-order valence-electron chi connectivity index (χ0n) is 13.5. The van der Waals surface area contributed by atoms with Crippen LogP contribution in [0.15, 0.2) is 42.5 Å². The standard InChI is InChI=1S/C9H8N2O3.C9H9NO.2CH4/c12-9-4-6-1-2-8(11(13)14)3-7(6)5-10-9;11-9-5-7-3-1-2-4-8(7)6-10-9;;/h1-3H,4-5H2,(H,10,12);1-4H,5-6H2,(H,10,11);2*1H4. The molecule has 0 radical (unpaired) electrons. The molecule has 27 heavy (non-hydrogen) atoms. The van der Waals surface area contributed by atoms with Crippen LogP contribution < -0.4 is 10.6 Å². The summed E-state index contributed by atoms with van der Waals surface area (Å²) in [5.41, 5.74) is 4.18. The maximum absolute atomic E-state index is 11.0. The molecule has 0 aliphatic carbocycles. The number of carbonyl (C=O) groups is 2. The van der Waals surface area contributed by atoms with Gasteiger partial charge in [-0.15, -0.1) is 0 Å². The van der Waals surface area contributed by atoms with Crippen molar-refractivity contribution in [2.75, 3.05) is 0 Å². The summed E-state index contributed by atoms with van der Waals surface area (Å²) in [6.45, 7) is 1.07. The third-order valence-corrected chi connectivity index (χ3v) is 4.17. The third-order valence-electron chi connectivity index (χ3n) is 4.17. The highest BCUT2D eigenvalue weighted by molar-refractivity contribution is 5.81. The van der Waals surface area contributed by atoms with Crippen LogP contribution in [0.5, 0.6) is 0 Å². The topological polar surface area (TPSA) is 101 Å². The predicted molar refractivity (Wildman–Crippen MR) is 104 cm³/mol. The Balaban J connectivity index is 0.000000257. The van der Waals surface area contributed by atoms with Gasteiger partial charge in [-0.1, -0.05) is 45.2 Å². The van der Waals surface area contributed by atoms with Gasteiger partial charge in [0.2, 0.25) is 11.8 Å². The quantitative estimate of drug-likeness (QED) is 0.594. The molecule has 2 aliphatic rings. The van der Waals surface area contributed by atoms with E-state index in [0.29, 0.717) is 25.9 Å². The van der Waals surface area contributed by atoms with Gasteiger partial charge in [0.15, 0.2) is 0 Å². The van der Waals surface area contributed by atoms with E-state index in [9.17, 15) is 19.7 Å². The molecule has 2 N–H and O–H groups in total. The van der Waals surface area contributed by atoms with Gasteiger partial charge < -0.3 is 10.6 Å². The number of nitrogens with zero attached hydrogens (tertiary/aromatic N) is 1. The van der Waals surface area contributed by atoms with Crippen LogP contribution >= 0.6 is 0 Å². The number of amides is 2. The molecule has 7 nitrogen and oxygen atoms in total. The summed E-state index contributed by atoms with van der Waals surface area (Å²) in [5.74, 6) is 0.0926. The van der Waals surface area contributed by atoms with Gasteiger partial charge in [0.1, 0.15) is 0 Å². The highest BCUT2D eigenvalue weighted by Crippen LogP contribution is 2.20. The summed E-state index contributed by atoms with van der Waals surface area (Å²) < 4.78 is 0. The SMILES string of the molecule is C.C.O=C1Cc2ccc([N+](=O)[O-])cc2CN1.O=C1Cc2ccccc2CN1. The molecule has 0 saturated carbocycles. The monoisotopic (exact) mass is 371 g/mol. The van der Waals surface area contributed by atoms with Crippen molar-refractivity contribution < 1.29 is 14.5 Å². The van der Waals surface area contributed by atoms with Crippen LogP contribution in [-0.4, -0.2) is 16.7 Å². The predicted octanol–water partition coefficient (Wildman–Crippen LogP) is 2.90.